The van der Waals surface area contributed by atoms with Crippen molar-refractivity contribution in [3.63, 3.8) is 0 Å². The summed E-state index contributed by atoms with van der Waals surface area (Å²) in [6.45, 7) is 0. The summed E-state index contributed by atoms with van der Waals surface area (Å²) >= 11 is 0. The first-order chi connectivity index (χ1) is 8.34. The maximum atomic E-state index is 13.4. The molecule has 0 bridgehead atoms. The summed E-state index contributed by atoms with van der Waals surface area (Å²) in [4.78, 5) is 0. The van der Waals surface area contributed by atoms with Crippen LogP contribution >= 0.6 is 0 Å². The standard InChI is InChI=1S/C11H12F5NO/c1-17-9(11(15,16)10(13)14)7-5-6(12)3-4-8(7)18-2/h3-5,9-10,17H,1-2H3. The Hall–Kier alpha value is -1.37. The normalized spacial score (nSPS) is 13.8. The molecule has 7 heteroatoms. The van der Waals surface area contributed by atoms with Crippen LogP contribution in [-0.4, -0.2) is 26.5 Å². The van der Waals surface area contributed by atoms with E-state index in [0.29, 0.717) is 0 Å². The van der Waals surface area contributed by atoms with Gasteiger partial charge in [-0.1, -0.05) is 0 Å². The third-order valence-electron chi connectivity index (χ3n) is 2.47. The molecule has 1 aromatic carbocycles. The SMILES string of the molecule is CNC(c1cc(F)ccc1OC)C(F)(F)C(F)F. The molecule has 2 nitrogen and oxygen atoms in total. The van der Waals surface area contributed by atoms with E-state index in [0.717, 1.165) is 25.2 Å². The Bertz CT molecular complexity index is 410. The van der Waals surface area contributed by atoms with Crippen molar-refractivity contribution in [3.8, 4) is 5.75 Å². The highest BCUT2D eigenvalue weighted by atomic mass is 19.3. The van der Waals surface area contributed by atoms with Gasteiger partial charge in [-0.05, 0) is 25.2 Å². The minimum atomic E-state index is -4.34. The minimum absolute atomic E-state index is 0.0870. The first kappa shape index (κ1) is 14.7. The molecule has 0 spiro atoms. The van der Waals surface area contributed by atoms with Crippen LogP contribution in [0.25, 0.3) is 0 Å². The number of halogens is 5. The Balaban J connectivity index is 3.28. The van der Waals surface area contributed by atoms with Gasteiger partial charge in [0.2, 0.25) is 0 Å². The monoisotopic (exact) mass is 269 g/mol. The van der Waals surface area contributed by atoms with Gasteiger partial charge in [0.05, 0.1) is 7.11 Å². The highest BCUT2D eigenvalue weighted by Gasteiger charge is 2.49. The van der Waals surface area contributed by atoms with Crippen molar-refractivity contribution in [2.45, 2.75) is 18.4 Å². The summed E-state index contributed by atoms with van der Waals surface area (Å²) in [6, 6.07) is 0.811. The largest absolute Gasteiger partial charge is 0.496 e. The number of rotatable bonds is 5. The molecule has 1 unspecified atom stereocenters. The summed E-state index contributed by atoms with van der Waals surface area (Å²) < 4.78 is 69.2. The summed E-state index contributed by atoms with van der Waals surface area (Å²) in [6.07, 6.45) is -3.87. The fraction of sp³-hybridized carbons (Fsp3) is 0.455. The average Bonchev–Trinajstić information content (AvgIpc) is 2.29. The van der Waals surface area contributed by atoms with E-state index in [1.807, 2.05) is 0 Å². The van der Waals surface area contributed by atoms with Gasteiger partial charge >= 0.3 is 12.3 Å². The van der Waals surface area contributed by atoms with Crippen LogP contribution < -0.4 is 10.1 Å². The van der Waals surface area contributed by atoms with Gasteiger partial charge in [0.1, 0.15) is 17.6 Å². The zero-order valence-corrected chi connectivity index (χ0v) is 9.68. The molecule has 0 amide bonds. The lowest BCUT2D eigenvalue weighted by Crippen LogP contribution is -2.41. The molecular weight excluding hydrogens is 257 g/mol. The third kappa shape index (κ3) is 2.72. The van der Waals surface area contributed by atoms with E-state index >= 15 is 0 Å². The highest BCUT2D eigenvalue weighted by molar-refractivity contribution is 5.37. The highest BCUT2D eigenvalue weighted by Crippen LogP contribution is 2.40. The summed E-state index contributed by atoms with van der Waals surface area (Å²) in [7, 11) is 2.27. The Kier molecular flexibility index (Phi) is 4.50. The van der Waals surface area contributed by atoms with Gasteiger partial charge in [-0.3, -0.25) is 0 Å². The van der Waals surface area contributed by atoms with E-state index in [9.17, 15) is 22.0 Å². The summed E-state index contributed by atoms with van der Waals surface area (Å²) in [5.41, 5.74) is -0.356. The van der Waals surface area contributed by atoms with E-state index < -0.39 is 24.2 Å². The molecule has 0 saturated heterocycles. The molecule has 18 heavy (non-hydrogen) atoms. The zero-order chi connectivity index (χ0) is 13.9. The fourth-order valence-electron chi connectivity index (χ4n) is 1.61. The molecule has 102 valence electrons. The molecule has 0 fully saturated rings. The second kappa shape index (κ2) is 5.51. The van der Waals surface area contributed by atoms with Crippen molar-refractivity contribution in [1.29, 1.82) is 0 Å². The second-order valence-electron chi connectivity index (χ2n) is 3.58. The molecule has 1 atom stereocenters. The van der Waals surface area contributed by atoms with Gasteiger partial charge < -0.3 is 10.1 Å². The molecule has 1 N–H and O–H groups in total. The Morgan fingerprint density at radius 2 is 1.89 bits per heavy atom. The van der Waals surface area contributed by atoms with Gasteiger partial charge in [0.15, 0.2) is 0 Å². The lowest BCUT2D eigenvalue weighted by atomic mass is 9.99. The molecule has 1 rings (SSSR count). The molecule has 0 heterocycles. The first-order valence-corrected chi connectivity index (χ1v) is 5.01. The van der Waals surface area contributed by atoms with Crippen molar-refractivity contribution < 1.29 is 26.7 Å². The van der Waals surface area contributed by atoms with Crippen molar-refractivity contribution in [2.75, 3.05) is 14.2 Å². The van der Waals surface area contributed by atoms with Gasteiger partial charge in [-0.25, -0.2) is 13.2 Å². The summed E-state index contributed by atoms with van der Waals surface area (Å²) in [5.74, 6) is -5.23. The van der Waals surface area contributed by atoms with Crippen molar-refractivity contribution >= 4 is 0 Å². The number of hydrogen-bond acceptors (Lipinski definition) is 2. The van der Waals surface area contributed by atoms with Crippen LogP contribution in [0.2, 0.25) is 0 Å². The smallest absolute Gasteiger partial charge is 0.326 e. The molecule has 0 radical (unpaired) electrons. The number of alkyl halides is 4. The van der Waals surface area contributed by atoms with E-state index in [1.165, 1.54) is 7.11 Å². The summed E-state index contributed by atoms with van der Waals surface area (Å²) in [5, 5.41) is 2.07. The number of methoxy groups -OCH3 is 1. The molecule has 1 aromatic rings. The topological polar surface area (TPSA) is 21.3 Å². The molecule has 0 aromatic heterocycles. The van der Waals surface area contributed by atoms with Crippen LogP contribution in [0.3, 0.4) is 0 Å². The Labute approximate surface area is 101 Å². The Morgan fingerprint density at radius 1 is 1.28 bits per heavy atom. The van der Waals surface area contributed by atoms with E-state index in [2.05, 4.69) is 5.32 Å². The van der Waals surface area contributed by atoms with Gasteiger partial charge in [0, 0.05) is 5.56 Å². The van der Waals surface area contributed by atoms with Crippen molar-refractivity contribution in [1.82, 2.24) is 5.32 Å². The second-order valence-corrected chi connectivity index (χ2v) is 3.58. The van der Waals surface area contributed by atoms with Crippen molar-refractivity contribution in [2.24, 2.45) is 0 Å². The van der Waals surface area contributed by atoms with Crippen LogP contribution in [0.1, 0.15) is 11.6 Å². The molecular formula is C11H12F5NO. The molecule has 0 saturated carbocycles. The fourth-order valence-corrected chi connectivity index (χ4v) is 1.61. The Morgan fingerprint density at radius 3 is 2.33 bits per heavy atom. The average molecular weight is 269 g/mol. The predicted molar refractivity (Wildman–Crippen MR) is 55.7 cm³/mol. The van der Waals surface area contributed by atoms with E-state index in [-0.39, 0.29) is 11.3 Å². The van der Waals surface area contributed by atoms with Crippen LogP contribution in [0, 0.1) is 5.82 Å². The number of benzene rings is 1. The lowest BCUT2D eigenvalue weighted by molar-refractivity contribution is -0.150. The van der Waals surface area contributed by atoms with E-state index in [1.54, 1.807) is 0 Å². The zero-order valence-electron chi connectivity index (χ0n) is 9.68. The minimum Gasteiger partial charge on any atom is -0.496 e. The number of nitrogens with one attached hydrogen (secondary N) is 1. The lowest BCUT2D eigenvalue weighted by Gasteiger charge is -2.27. The van der Waals surface area contributed by atoms with Crippen LogP contribution in [-0.2, 0) is 0 Å². The third-order valence-corrected chi connectivity index (χ3v) is 2.47. The van der Waals surface area contributed by atoms with Crippen LogP contribution in [0.15, 0.2) is 18.2 Å². The molecule has 0 aliphatic heterocycles. The van der Waals surface area contributed by atoms with E-state index in [4.69, 9.17) is 4.74 Å². The quantitative estimate of drug-likeness (QED) is 0.830. The maximum absolute atomic E-state index is 13.4. The number of ether oxygens (including phenoxy) is 1. The maximum Gasteiger partial charge on any atom is 0.326 e. The predicted octanol–water partition coefficient (Wildman–Crippen LogP) is 3.00. The number of hydrogen-bond donors (Lipinski definition) is 1. The van der Waals surface area contributed by atoms with Crippen molar-refractivity contribution in [3.05, 3.63) is 29.6 Å². The molecule has 0 aliphatic carbocycles. The first-order valence-electron chi connectivity index (χ1n) is 5.01. The van der Waals surface area contributed by atoms with Crippen LogP contribution in [0.4, 0.5) is 22.0 Å². The van der Waals surface area contributed by atoms with Gasteiger partial charge in [-0.2, -0.15) is 8.78 Å². The molecule has 0 aliphatic rings. The van der Waals surface area contributed by atoms with Crippen LogP contribution in [0.5, 0.6) is 5.75 Å². The van der Waals surface area contributed by atoms with Gasteiger partial charge in [0.25, 0.3) is 0 Å². The van der Waals surface area contributed by atoms with Gasteiger partial charge in [-0.15, -0.1) is 0 Å².